The van der Waals surface area contributed by atoms with E-state index in [-0.39, 0.29) is 0 Å². The highest BCUT2D eigenvalue weighted by Gasteiger charge is 2.25. The minimum Gasteiger partial charge on any atom is -0.292 e. The second-order valence-corrected chi connectivity index (χ2v) is 12.1. The molecule has 0 unspecified atom stereocenters. The molecule has 0 radical (unpaired) electrons. The maximum Gasteiger partial charge on any atom is 0.165 e. The zero-order chi connectivity index (χ0) is 29.2. The first-order valence-electron chi connectivity index (χ1n) is 15.4. The predicted molar refractivity (Wildman–Crippen MR) is 189 cm³/mol. The summed E-state index contributed by atoms with van der Waals surface area (Å²) in [4.78, 5) is 10.9. The van der Waals surface area contributed by atoms with Gasteiger partial charge in [0.15, 0.2) is 5.82 Å². The molecule has 0 atom stereocenters. The van der Waals surface area contributed by atoms with Crippen molar-refractivity contribution in [2.45, 2.75) is 0 Å². The maximum absolute atomic E-state index is 5.54. The molecule has 0 aliphatic rings. The first kappa shape index (κ1) is 23.4. The van der Waals surface area contributed by atoms with Crippen LogP contribution < -0.4 is 0 Å². The number of aromatic nitrogens is 3. The molecule has 206 valence electrons. The molecule has 45 heavy (non-hydrogen) atoms. The van der Waals surface area contributed by atoms with Crippen molar-refractivity contribution in [3.8, 4) is 17.1 Å². The van der Waals surface area contributed by atoms with E-state index >= 15 is 0 Å². The number of hydrogen-bond acceptors (Lipinski definition) is 2. The smallest absolute Gasteiger partial charge is 0.165 e. The molecule has 2 aromatic heterocycles. The topological polar surface area (TPSA) is 30.7 Å². The molecule has 3 heteroatoms. The Bertz CT molecular complexity index is 2970. The summed E-state index contributed by atoms with van der Waals surface area (Å²) in [5, 5.41) is 15.3. The van der Waals surface area contributed by atoms with E-state index in [1.165, 1.54) is 53.9 Å². The summed E-state index contributed by atoms with van der Waals surface area (Å²) in [6.45, 7) is 0. The molecular weight excluding hydrogens is 546 g/mol. The van der Waals surface area contributed by atoms with Gasteiger partial charge >= 0.3 is 0 Å². The molecule has 0 saturated carbocycles. The lowest BCUT2D eigenvalue weighted by atomic mass is 9.86. The molecule has 2 heterocycles. The summed E-state index contributed by atoms with van der Waals surface area (Å²) < 4.78 is 2.37. The SMILES string of the molecule is c1ccc(-c2nc3ccc4ccccc4c3nc2-n2c3cccc4c5cccc6c7ccccc7c7ccc2c(c7c65)c43)cc1. The summed E-state index contributed by atoms with van der Waals surface area (Å²) in [6, 6.07) is 50.2. The summed E-state index contributed by atoms with van der Waals surface area (Å²) in [5.74, 6) is 0.851. The Labute approximate surface area is 257 Å². The van der Waals surface area contributed by atoms with Crippen LogP contribution in [0.2, 0.25) is 0 Å². The highest BCUT2D eigenvalue weighted by molar-refractivity contribution is 6.44. The van der Waals surface area contributed by atoms with Gasteiger partial charge in [0.25, 0.3) is 0 Å². The highest BCUT2D eigenvalue weighted by atomic mass is 15.1. The Morgan fingerprint density at radius 1 is 0.378 bits per heavy atom. The van der Waals surface area contributed by atoms with Gasteiger partial charge in [-0.05, 0) is 61.3 Å². The Balaban J connectivity index is 1.40. The largest absolute Gasteiger partial charge is 0.292 e. The number of nitrogens with zero attached hydrogens (tertiary/aromatic N) is 3. The van der Waals surface area contributed by atoms with E-state index in [2.05, 4.69) is 144 Å². The van der Waals surface area contributed by atoms with Gasteiger partial charge in [-0.2, -0.15) is 0 Å². The first-order chi connectivity index (χ1) is 22.3. The lowest BCUT2D eigenvalue weighted by Gasteiger charge is -2.16. The zero-order valence-corrected chi connectivity index (χ0v) is 24.1. The fourth-order valence-electron chi connectivity index (χ4n) is 8.04. The van der Waals surface area contributed by atoms with Crippen molar-refractivity contribution in [2.75, 3.05) is 0 Å². The molecule has 9 aromatic carbocycles. The van der Waals surface area contributed by atoms with E-state index in [0.717, 1.165) is 49.9 Å². The molecule has 0 aliphatic heterocycles. The molecule has 11 aromatic rings. The van der Waals surface area contributed by atoms with Crippen LogP contribution in [0.4, 0.5) is 0 Å². The molecule has 3 nitrogen and oxygen atoms in total. The van der Waals surface area contributed by atoms with E-state index in [1.54, 1.807) is 0 Å². The lowest BCUT2D eigenvalue weighted by molar-refractivity contribution is 1.08. The second kappa shape index (κ2) is 8.31. The lowest BCUT2D eigenvalue weighted by Crippen LogP contribution is -2.04. The predicted octanol–water partition coefficient (Wildman–Crippen LogP) is 11.0. The third-order valence-corrected chi connectivity index (χ3v) is 9.87. The Morgan fingerprint density at radius 3 is 1.82 bits per heavy atom. The van der Waals surface area contributed by atoms with Crippen molar-refractivity contribution in [1.29, 1.82) is 0 Å². The van der Waals surface area contributed by atoms with E-state index < -0.39 is 0 Å². The van der Waals surface area contributed by atoms with Crippen molar-refractivity contribution in [3.63, 3.8) is 0 Å². The van der Waals surface area contributed by atoms with E-state index in [0.29, 0.717) is 0 Å². The molecule has 0 aliphatic carbocycles. The van der Waals surface area contributed by atoms with Crippen molar-refractivity contribution < 1.29 is 0 Å². The van der Waals surface area contributed by atoms with Gasteiger partial charge < -0.3 is 0 Å². The van der Waals surface area contributed by atoms with Crippen LogP contribution in [0.5, 0.6) is 0 Å². The van der Waals surface area contributed by atoms with Crippen molar-refractivity contribution in [2.24, 2.45) is 0 Å². The minimum atomic E-state index is 0.851. The maximum atomic E-state index is 5.54. The number of rotatable bonds is 2. The average molecular weight is 570 g/mol. The summed E-state index contributed by atoms with van der Waals surface area (Å²) in [7, 11) is 0. The van der Waals surface area contributed by atoms with Gasteiger partial charge in [0, 0.05) is 27.1 Å². The highest BCUT2D eigenvalue weighted by Crippen LogP contribution is 2.49. The fraction of sp³-hybridized carbons (Fsp3) is 0. The molecule has 0 saturated heterocycles. The van der Waals surface area contributed by atoms with E-state index in [1.807, 2.05) is 0 Å². The van der Waals surface area contributed by atoms with Gasteiger partial charge in [-0.1, -0.05) is 121 Å². The normalized spacial score (nSPS) is 12.4. The van der Waals surface area contributed by atoms with Crippen LogP contribution in [0.25, 0.3) is 104 Å². The molecule has 0 fully saturated rings. The minimum absolute atomic E-state index is 0.851. The van der Waals surface area contributed by atoms with Gasteiger partial charge in [0.2, 0.25) is 0 Å². The number of fused-ring (bicyclic) bond motifs is 7. The molecular formula is C42H23N3. The quantitative estimate of drug-likeness (QED) is 0.153. The van der Waals surface area contributed by atoms with E-state index in [9.17, 15) is 0 Å². The Hall–Kier alpha value is -6.06. The van der Waals surface area contributed by atoms with Crippen molar-refractivity contribution >= 4 is 86.7 Å². The van der Waals surface area contributed by atoms with Crippen LogP contribution in [0.3, 0.4) is 0 Å². The molecule has 0 spiro atoms. The Kier molecular flexibility index (Phi) is 4.32. The van der Waals surface area contributed by atoms with Crippen LogP contribution in [0.15, 0.2) is 140 Å². The third kappa shape index (κ3) is 2.90. The van der Waals surface area contributed by atoms with Crippen LogP contribution >= 0.6 is 0 Å². The van der Waals surface area contributed by atoms with Crippen molar-refractivity contribution in [3.05, 3.63) is 140 Å². The molecule has 0 amide bonds. The molecule has 0 bridgehead atoms. The molecule has 0 N–H and O–H groups in total. The summed E-state index contributed by atoms with van der Waals surface area (Å²) in [6.07, 6.45) is 0. The van der Waals surface area contributed by atoms with Crippen LogP contribution in [0, 0.1) is 0 Å². The summed E-state index contributed by atoms with van der Waals surface area (Å²) in [5.41, 5.74) is 6.05. The van der Waals surface area contributed by atoms with Gasteiger partial charge in [-0.25, -0.2) is 9.97 Å². The van der Waals surface area contributed by atoms with Gasteiger partial charge in [0.05, 0.1) is 22.1 Å². The third-order valence-electron chi connectivity index (χ3n) is 9.87. The number of benzene rings is 9. The van der Waals surface area contributed by atoms with Crippen molar-refractivity contribution in [1.82, 2.24) is 14.5 Å². The van der Waals surface area contributed by atoms with Gasteiger partial charge in [-0.3, -0.25) is 4.57 Å². The first-order valence-corrected chi connectivity index (χ1v) is 15.4. The standard InChI is InChI=1S/C42H23N3/c1-2-11-25(12-3-1)40-42(44-41-26-13-5-4-10-24(26)20-22-33(41)43-40)45-34-19-9-18-31-30-17-8-16-29-27-14-6-7-15-28(27)32-21-23-35(45)39(37(31)34)38(32)36(29)30/h1-23H. The van der Waals surface area contributed by atoms with Gasteiger partial charge in [0.1, 0.15) is 5.69 Å². The fourth-order valence-corrected chi connectivity index (χ4v) is 8.04. The van der Waals surface area contributed by atoms with E-state index in [4.69, 9.17) is 9.97 Å². The zero-order valence-electron chi connectivity index (χ0n) is 24.1. The van der Waals surface area contributed by atoms with Crippen LogP contribution in [0.1, 0.15) is 0 Å². The summed E-state index contributed by atoms with van der Waals surface area (Å²) >= 11 is 0. The monoisotopic (exact) mass is 569 g/mol. The average Bonchev–Trinajstić information content (AvgIpc) is 3.45. The number of hydrogen-bond donors (Lipinski definition) is 0. The van der Waals surface area contributed by atoms with Gasteiger partial charge in [-0.15, -0.1) is 0 Å². The second-order valence-electron chi connectivity index (χ2n) is 12.1. The van der Waals surface area contributed by atoms with Crippen LogP contribution in [-0.4, -0.2) is 14.5 Å². The van der Waals surface area contributed by atoms with Crippen LogP contribution in [-0.2, 0) is 0 Å². The Morgan fingerprint density at radius 2 is 1.00 bits per heavy atom. The molecule has 11 rings (SSSR count).